The highest BCUT2D eigenvalue weighted by Gasteiger charge is 2.53. The van der Waals surface area contributed by atoms with E-state index in [0.717, 1.165) is 0 Å². The van der Waals surface area contributed by atoms with Crippen molar-refractivity contribution in [1.82, 2.24) is 0 Å². The molecule has 0 aromatic carbocycles. The first-order valence-corrected chi connectivity index (χ1v) is 10.9. The van der Waals surface area contributed by atoms with Gasteiger partial charge >= 0.3 is 0 Å². The molecule has 0 saturated carbocycles. The SMILES string of the molecule is CC1OC(CO)C(O)C(OC2OC(CO)C(O)C(O)C2O)C1OC1OC(CO)C(O)C(O)C1O. The topological polar surface area (TPSA) is 248 Å². The van der Waals surface area contributed by atoms with Gasteiger partial charge in [-0.2, -0.15) is 0 Å². The monoisotopic (exact) mass is 502 g/mol. The minimum Gasteiger partial charge on any atom is -0.394 e. The zero-order chi connectivity index (χ0) is 25.3. The van der Waals surface area contributed by atoms with Gasteiger partial charge in [0.05, 0.1) is 25.9 Å². The van der Waals surface area contributed by atoms with E-state index in [4.69, 9.17) is 23.7 Å². The molecule has 0 aliphatic carbocycles. The van der Waals surface area contributed by atoms with Crippen molar-refractivity contribution in [3.63, 3.8) is 0 Å². The Morgan fingerprint density at radius 1 is 0.500 bits per heavy atom. The molecule has 15 atom stereocenters. The van der Waals surface area contributed by atoms with Gasteiger partial charge in [0.15, 0.2) is 12.6 Å². The van der Waals surface area contributed by atoms with Gasteiger partial charge in [-0.25, -0.2) is 0 Å². The first kappa shape index (κ1) is 28.0. The summed E-state index contributed by atoms with van der Waals surface area (Å²) in [5, 5.41) is 99.7. The fourth-order valence-corrected chi connectivity index (χ4v) is 4.27. The Bertz CT molecular complexity index is 637. The summed E-state index contributed by atoms with van der Waals surface area (Å²) in [6.45, 7) is -0.581. The lowest BCUT2D eigenvalue weighted by molar-refractivity contribution is -0.369. The molecule has 3 fully saturated rings. The Morgan fingerprint density at radius 2 is 0.882 bits per heavy atom. The molecule has 15 nitrogen and oxygen atoms in total. The van der Waals surface area contributed by atoms with Crippen LogP contribution in [0.5, 0.6) is 0 Å². The Balaban J connectivity index is 1.83. The first-order valence-electron chi connectivity index (χ1n) is 10.9. The molecule has 200 valence electrons. The molecule has 15 heteroatoms. The molecular weight excluding hydrogens is 468 g/mol. The second kappa shape index (κ2) is 11.6. The molecule has 0 radical (unpaired) electrons. The quantitative estimate of drug-likeness (QED) is 0.155. The van der Waals surface area contributed by atoms with E-state index < -0.39 is 112 Å². The fraction of sp³-hybridized carbons (Fsp3) is 1.00. The number of aliphatic hydroxyl groups is 10. The fourth-order valence-electron chi connectivity index (χ4n) is 4.27. The summed E-state index contributed by atoms with van der Waals surface area (Å²) < 4.78 is 27.6. The van der Waals surface area contributed by atoms with Gasteiger partial charge in [-0.05, 0) is 6.92 Å². The van der Waals surface area contributed by atoms with Crippen molar-refractivity contribution in [1.29, 1.82) is 0 Å². The van der Waals surface area contributed by atoms with Gasteiger partial charge in [-0.3, -0.25) is 0 Å². The van der Waals surface area contributed by atoms with Crippen LogP contribution in [0.15, 0.2) is 0 Å². The summed E-state index contributed by atoms with van der Waals surface area (Å²) in [5.74, 6) is 0. The minimum absolute atomic E-state index is 0.632. The van der Waals surface area contributed by atoms with Crippen molar-refractivity contribution in [2.24, 2.45) is 0 Å². The molecule has 0 aromatic rings. The Kier molecular flexibility index (Phi) is 9.57. The van der Waals surface area contributed by atoms with E-state index in [0.29, 0.717) is 0 Å². The van der Waals surface area contributed by atoms with Crippen molar-refractivity contribution in [2.75, 3.05) is 19.8 Å². The summed E-state index contributed by atoms with van der Waals surface area (Å²) in [6, 6.07) is 0. The second-order valence-electron chi connectivity index (χ2n) is 8.65. The molecule has 3 saturated heterocycles. The zero-order valence-corrected chi connectivity index (χ0v) is 18.3. The van der Waals surface area contributed by atoms with Crippen LogP contribution in [0, 0.1) is 0 Å². The lowest BCUT2D eigenvalue weighted by Crippen LogP contribution is -2.66. The molecule has 3 aliphatic rings. The molecule has 0 aromatic heterocycles. The van der Waals surface area contributed by atoms with Crippen molar-refractivity contribution in [3.05, 3.63) is 0 Å². The Morgan fingerprint density at radius 3 is 1.29 bits per heavy atom. The molecule has 3 heterocycles. The number of rotatable bonds is 7. The number of aliphatic hydroxyl groups excluding tert-OH is 10. The normalized spacial score (nSPS) is 52.5. The third-order valence-electron chi connectivity index (χ3n) is 6.35. The van der Waals surface area contributed by atoms with Crippen molar-refractivity contribution < 1.29 is 74.7 Å². The van der Waals surface area contributed by atoms with Crippen LogP contribution in [0.4, 0.5) is 0 Å². The molecule has 0 bridgehead atoms. The zero-order valence-electron chi connectivity index (χ0n) is 18.3. The summed E-state index contributed by atoms with van der Waals surface area (Å²) >= 11 is 0. The smallest absolute Gasteiger partial charge is 0.187 e. The van der Waals surface area contributed by atoms with Gasteiger partial charge in [-0.1, -0.05) is 0 Å². The van der Waals surface area contributed by atoms with E-state index in [1.165, 1.54) is 6.92 Å². The van der Waals surface area contributed by atoms with Crippen LogP contribution in [0.3, 0.4) is 0 Å². The molecule has 10 N–H and O–H groups in total. The van der Waals surface area contributed by atoms with Gasteiger partial charge in [0.1, 0.15) is 73.2 Å². The molecule has 34 heavy (non-hydrogen) atoms. The van der Waals surface area contributed by atoms with Gasteiger partial charge < -0.3 is 74.7 Å². The van der Waals surface area contributed by atoms with Crippen LogP contribution >= 0.6 is 0 Å². The predicted molar refractivity (Wildman–Crippen MR) is 105 cm³/mol. The number of ether oxygens (including phenoxy) is 5. The van der Waals surface area contributed by atoms with E-state index in [-0.39, 0.29) is 0 Å². The van der Waals surface area contributed by atoms with Gasteiger partial charge in [0.25, 0.3) is 0 Å². The lowest BCUT2D eigenvalue weighted by Gasteiger charge is -2.48. The van der Waals surface area contributed by atoms with Crippen LogP contribution in [-0.4, -0.2) is 163 Å². The van der Waals surface area contributed by atoms with E-state index in [9.17, 15) is 51.1 Å². The van der Waals surface area contributed by atoms with Crippen LogP contribution < -0.4 is 0 Å². The molecule has 0 spiro atoms. The van der Waals surface area contributed by atoms with E-state index in [1.54, 1.807) is 0 Å². The third-order valence-corrected chi connectivity index (χ3v) is 6.35. The maximum atomic E-state index is 10.7. The van der Waals surface area contributed by atoms with Crippen molar-refractivity contribution in [3.8, 4) is 0 Å². The van der Waals surface area contributed by atoms with Gasteiger partial charge in [-0.15, -0.1) is 0 Å². The van der Waals surface area contributed by atoms with E-state index in [2.05, 4.69) is 0 Å². The largest absolute Gasteiger partial charge is 0.394 e. The second-order valence-corrected chi connectivity index (χ2v) is 8.65. The number of hydrogen-bond donors (Lipinski definition) is 10. The molecular formula is C19H34O15. The minimum atomic E-state index is -1.80. The van der Waals surface area contributed by atoms with Crippen molar-refractivity contribution >= 4 is 0 Å². The van der Waals surface area contributed by atoms with Crippen LogP contribution in [0.25, 0.3) is 0 Å². The molecule has 3 rings (SSSR count). The van der Waals surface area contributed by atoms with Crippen molar-refractivity contribution in [2.45, 2.75) is 98.9 Å². The number of hydrogen-bond acceptors (Lipinski definition) is 15. The molecule has 15 unspecified atom stereocenters. The van der Waals surface area contributed by atoms with Crippen LogP contribution in [0.2, 0.25) is 0 Å². The standard InChI is InChI=1S/C19H34O15/c1-5-16(33-18-14(28)12(26)9(23)6(2-20)31-18)17(11(25)8(4-22)30-5)34-19-15(29)13(27)10(24)7(3-21)32-19/h5-29H,2-4H2,1H3. The average molecular weight is 502 g/mol. The summed E-state index contributed by atoms with van der Waals surface area (Å²) in [4.78, 5) is 0. The predicted octanol–water partition coefficient (Wildman–Crippen LogP) is -6.50. The maximum Gasteiger partial charge on any atom is 0.187 e. The average Bonchev–Trinajstić information content (AvgIpc) is 2.83. The van der Waals surface area contributed by atoms with Crippen LogP contribution in [-0.2, 0) is 23.7 Å². The van der Waals surface area contributed by atoms with E-state index >= 15 is 0 Å². The highest BCUT2D eigenvalue weighted by molar-refractivity contribution is 4.97. The third kappa shape index (κ3) is 5.39. The summed E-state index contributed by atoms with van der Waals surface area (Å²) in [6.07, 6.45) is -22.7. The van der Waals surface area contributed by atoms with E-state index in [1.807, 2.05) is 0 Å². The maximum absolute atomic E-state index is 10.7. The first-order chi connectivity index (χ1) is 16.0. The van der Waals surface area contributed by atoms with Crippen LogP contribution in [0.1, 0.15) is 6.92 Å². The lowest BCUT2D eigenvalue weighted by atomic mass is 9.94. The Labute approximate surface area is 194 Å². The van der Waals surface area contributed by atoms with Gasteiger partial charge in [0, 0.05) is 0 Å². The highest BCUT2D eigenvalue weighted by Crippen LogP contribution is 2.33. The highest BCUT2D eigenvalue weighted by atomic mass is 16.7. The van der Waals surface area contributed by atoms with Gasteiger partial charge in [0.2, 0.25) is 0 Å². The summed E-state index contributed by atoms with van der Waals surface area (Å²) in [7, 11) is 0. The molecule has 0 amide bonds. The Hall–Kier alpha value is -0.600. The molecule has 3 aliphatic heterocycles. The summed E-state index contributed by atoms with van der Waals surface area (Å²) in [5.41, 5.74) is 0.